The minimum absolute atomic E-state index is 0.521. The molecule has 4 rings (SSSR count). The van der Waals surface area contributed by atoms with Crippen molar-refractivity contribution in [1.82, 2.24) is 9.97 Å². The van der Waals surface area contributed by atoms with Crippen LogP contribution in [0.2, 0.25) is 0 Å². The SMILES string of the molecule is CSCc1ccc(Nc2nccc(-c3ccc(OCC4CC4)c(C#N)c3)n2)cc1. The van der Waals surface area contributed by atoms with Crippen LogP contribution >= 0.6 is 11.8 Å². The maximum absolute atomic E-state index is 9.50. The van der Waals surface area contributed by atoms with Gasteiger partial charge in [-0.3, -0.25) is 0 Å². The lowest BCUT2D eigenvalue weighted by Gasteiger charge is -2.10. The summed E-state index contributed by atoms with van der Waals surface area (Å²) < 4.78 is 5.80. The van der Waals surface area contributed by atoms with E-state index >= 15 is 0 Å². The molecule has 0 saturated heterocycles. The van der Waals surface area contributed by atoms with E-state index in [1.807, 2.05) is 36.4 Å². The van der Waals surface area contributed by atoms with Gasteiger partial charge in [0.2, 0.25) is 5.95 Å². The highest BCUT2D eigenvalue weighted by atomic mass is 32.2. The number of ether oxygens (including phenoxy) is 1. The molecule has 1 aromatic heterocycles. The summed E-state index contributed by atoms with van der Waals surface area (Å²) >= 11 is 1.80. The predicted molar refractivity (Wildman–Crippen MR) is 117 cm³/mol. The van der Waals surface area contributed by atoms with Crippen LogP contribution in [-0.4, -0.2) is 22.8 Å². The number of nitrogens with one attached hydrogen (secondary N) is 1. The van der Waals surface area contributed by atoms with Crippen LogP contribution < -0.4 is 10.1 Å². The van der Waals surface area contributed by atoms with Crippen LogP contribution in [0.5, 0.6) is 5.75 Å². The Morgan fingerprint density at radius 3 is 2.72 bits per heavy atom. The lowest BCUT2D eigenvalue weighted by atomic mass is 10.1. The van der Waals surface area contributed by atoms with E-state index < -0.39 is 0 Å². The smallest absolute Gasteiger partial charge is 0.227 e. The minimum atomic E-state index is 0.521. The van der Waals surface area contributed by atoms with Crippen molar-refractivity contribution in [2.45, 2.75) is 18.6 Å². The molecule has 0 bridgehead atoms. The van der Waals surface area contributed by atoms with Crippen molar-refractivity contribution in [2.75, 3.05) is 18.2 Å². The van der Waals surface area contributed by atoms with Crippen molar-refractivity contribution in [2.24, 2.45) is 5.92 Å². The molecule has 0 radical (unpaired) electrons. The number of anilines is 2. The van der Waals surface area contributed by atoms with E-state index in [9.17, 15) is 5.26 Å². The average molecular weight is 403 g/mol. The van der Waals surface area contributed by atoms with Crippen molar-refractivity contribution < 1.29 is 4.74 Å². The molecule has 3 aromatic rings. The summed E-state index contributed by atoms with van der Waals surface area (Å²) in [6, 6.07) is 18.0. The Bertz CT molecular complexity index is 1030. The van der Waals surface area contributed by atoms with Crippen LogP contribution in [0.4, 0.5) is 11.6 Å². The first-order valence-electron chi connectivity index (χ1n) is 9.60. The van der Waals surface area contributed by atoms with E-state index in [4.69, 9.17) is 4.74 Å². The quantitative estimate of drug-likeness (QED) is 0.543. The second kappa shape index (κ2) is 8.97. The highest BCUT2D eigenvalue weighted by Gasteiger charge is 2.22. The summed E-state index contributed by atoms with van der Waals surface area (Å²) in [5, 5.41) is 12.7. The van der Waals surface area contributed by atoms with Crippen molar-refractivity contribution in [3.8, 4) is 23.1 Å². The molecule has 29 heavy (non-hydrogen) atoms. The van der Waals surface area contributed by atoms with Crippen LogP contribution in [0, 0.1) is 17.2 Å². The summed E-state index contributed by atoms with van der Waals surface area (Å²) in [4.78, 5) is 8.93. The van der Waals surface area contributed by atoms with Crippen LogP contribution in [-0.2, 0) is 5.75 Å². The monoisotopic (exact) mass is 402 g/mol. The molecule has 1 fully saturated rings. The zero-order valence-corrected chi connectivity index (χ0v) is 17.1. The first-order valence-corrected chi connectivity index (χ1v) is 11.0. The van der Waals surface area contributed by atoms with Crippen molar-refractivity contribution in [3.63, 3.8) is 0 Å². The van der Waals surface area contributed by atoms with Crippen molar-refractivity contribution in [3.05, 3.63) is 65.9 Å². The summed E-state index contributed by atoms with van der Waals surface area (Å²) in [5.41, 5.74) is 4.37. The van der Waals surface area contributed by atoms with E-state index in [1.165, 1.54) is 18.4 Å². The summed E-state index contributed by atoms with van der Waals surface area (Å²) in [6.45, 7) is 0.686. The molecule has 1 aliphatic carbocycles. The molecule has 1 aliphatic rings. The molecule has 0 spiro atoms. The zero-order valence-electron chi connectivity index (χ0n) is 16.3. The third-order valence-electron chi connectivity index (χ3n) is 4.74. The van der Waals surface area contributed by atoms with Gasteiger partial charge in [-0.05, 0) is 67.0 Å². The van der Waals surface area contributed by atoms with Crippen molar-refractivity contribution >= 4 is 23.4 Å². The topological polar surface area (TPSA) is 70.8 Å². The number of hydrogen-bond donors (Lipinski definition) is 1. The van der Waals surface area contributed by atoms with E-state index in [2.05, 4.69) is 39.7 Å². The fourth-order valence-corrected chi connectivity index (χ4v) is 3.48. The third kappa shape index (κ3) is 5.07. The van der Waals surface area contributed by atoms with Crippen LogP contribution in [0.1, 0.15) is 24.0 Å². The van der Waals surface area contributed by atoms with Gasteiger partial charge in [0.1, 0.15) is 11.8 Å². The van der Waals surface area contributed by atoms with Crippen molar-refractivity contribution in [1.29, 1.82) is 5.26 Å². The molecule has 1 saturated carbocycles. The van der Waals surface area contributed by atoms with Gasteiger partial charge in [-0.2, -0.15) is 17.0 Å². The minimum Gasteiger partial charge on any atom is -0.492 e. The maximum Gasteiger partial charge on any atom is 0.227 e. The molecule has 0 aliphatic heterocycles. The van der Waals surface area contributed by atoms with Gasteiger partial charge >= 0.3 is 0 Å². The van der Waals surface area contributed by atoms with Gasteiger partial charge in [0, 0.05) is 23.2 Å². The second-order valence-corrected chi connectivity index (χ2v) is 7.96. The average Bonchev–Trinajstić information content (AvgIpc) is 3.58. The Kier molecular flexibility index (Phi) is 5.97. The Hall–Kier alpha value is -3.04. The summed E-state index contributed by atoms with van der Waals surface area (Å²) in [5.74, 6) is 2.80. The molecule has 1 heterocycles. The van der Waals surface area contributed by atoms with Gasteiger partial charge in [-0.15, -0.1) is 0 Å². The standard InChI is InChI=1S/C23H22N4OS/c1-29-15-17-4-7-20(8-5-17)26-23-25-11-10-21(27-23)18-6-9-22(19(12-18)13-24)28-14-16-2-3-16/h4-12,16H,2-3,14-15H2,1H3,(H,25,26,27). The van der Waals surface area contributed by atoms with E-state index in [1.54, 1.807) is 18.0 Å². The lowest BCUT2D eigenvalue weighted by Crippen LogP contribution is -2.01. The van der Waals surface area contributed by atoms with E-state index in [0.29, 0.717) is 29.8 Å². The molecule has 2 aromatic carbocycles. The second-order valence-electron chi connectivity index (χ2n) is 7.10. The Morgan fingerprint density at radius 1 is 1.17 bits per heavy atom. The number of benzene rings is 2. The molecule has 146 valence electrons. The molecule has 5 nitrogen and oxygen atoms in total. The Balaban J connectivity index is 1.51. The molecular weight excluding hydrogens is 380 g/mol. The molecule has 0 amide bonds. The van der Waals surface area contributed by atoms with Gasteiger partial charge in [0.25, 0.3) is 0 Å². The van der Waals surface area contributed by atoms with Gasteiger partial charge in [-0.1, -0.05) is 12.1 Å². The highest BCUT2D eigenvalue weighted by molar-refractivity contribution is 7.97. The first kappa shape index (κ1) is 19.3. The van der Waals surface area contributed by atoms with E-state index in [-0.39, 0.29) is 0 Å². The molecule has 0 unspecified atom stereocenters. The van der Waals surface area contributed by atoms with Crippen LogP contribution in [0.15, 0.2) is 54.7 Å². The molecule has 0 atom stereocenters. The number of hydrogen-bond acceptors (Lipinski definition) is 6. The fourth-order valence-electron chi connectivity index (χ4n) is 2.95. The summed E-state index contributed by atoms with van der Waals surface area (Å²) in [6.07, 6.45) is 6.25. The van der Waals surface area contributed by atoms with E-state index in [0.717, 1.165) is 22.7 Å². The number of aromatic nitrogens is 2. The maximum atomic E-state index is 9.50. The highest BCUT2D eigenvalue weighted by Crippen LogP contribution is 2.31. The summed E-state index contributed by atoms with van der Waals surface area (Å²) in [7, 11) is 0. The Morgan fingerprint density at radius 2 is 2.00 bits per heavy atom. The third-order valence-corrected chi connectivity index (χ3v) is 5.37. The largest absolute Gasteiger partial charge is 0.492 e. The van der Waals surface area contributed by atoms with Gasteiger partial charge in [-0.25, -0.2) is 9.97 Å². The van der Waals surface area contributed by atoms with Gasteiger partial charge in [0.15, 0.2) is 0 Å². The number of rotatable bonds is 8. The van der Waals surface area contributed by atoms with Crippen LogP contribution in [0.3, 0.4) is 0 Å². The first-order chi connectivity index (χ1) is 14.2. The number of thioether (sulfide) groups is 1. The lowest BCUT2D eigenvalue weighted by molar-refractivity contribution is 0.299. The van der Waals surface area contributed by atoms with Gasteiger partial charge in [0.05, 0.1) is 17.9 Å². The fraction of sp³-hybridized carbons (Fsp3) is 0.261. The molecule has 6 heteroatoms. The molecular formula is C23H22N4OS. The normalized spacial score (nSPS) is 13.0. The van der Waals surface area contributed by atoms with Crippen LogP contribution in [0.25, 0.3) is 11.3 Å². The predicted octanol–water partition coefficient (Wildman–Crippen LogP) is 5.41. The number of nitrogens with zero attached hydrogens (tertiary/aromatic N) is 3. The molecule has 1 N–H and O–H groups in total. The van der Waals surface area contributed by atoms with Gasteiger partial charge < -0.3 is 10.1 Å². The number of nitriles is 1. The Labute approximate surface area is 175 Å². The zero-order chi connectivity index (χ0) is 20.1.